The smallest absolute Gasteiger partial charge is 0.217 e. The maximum absolute atomic E-state index is 12.9. The Kier molecular flexibility index (Phi) is 5.73. The lowest BCUT2D eigenvalue weighted by atomic mass is 10.0. The van der Waals surface area contributed by atoms with Gasteiger partial charge in [0.05, 0.1) is 18.0 Å². The number of nitrogen functional groups attached to an aromatic ring is 1. The molecular weight excluding hydrogens is 326 g/mol. The normalized spacial score (nSPS) is 24.1. The van der Waals surface area contributed by atoms with Gasteiger partial charge in [0.1, 0.15) is 5.82 Å². The summed E-state index contributed by atoms with van der Waals surface area (Å²) in [4.78, 5) is 3.99. The van der Waals surface area contributed by atoms with Crippen LogP contribution >= 0.6 is 0 Å². The fourth-order valence-electron chi connectivity index (χ4n) is 3.65. The number of morpholine rings is 1. The highest BCUT2D eigenvalue weighted by atomic mass is 32.2. The van der Waals surface area contributed by atoms with E-state index in [4.69, 9.17) is 10.5 Å². The van der Waals surface area contributed by atoms with Crippen molar-refractivity contribution in [2.24, 2.45) is 0 Å². The largest absolute Gasteiger partial charge is 0.384 e. The molecule has 0 spiro atoms. The summed E-state index contributed by atoms with van der Waals surface area (Å²) in [5.74, 6) is 0.513. The number of hydrogen-bond acceptors (Lipinski definition) is 5. The van der Waals surface area contributed by atoms with E-state index >= 15 is 0 Å². The minimum Gasteiger partial charge on any atom is -0.384 e. The summed E-state index contributed by atoms with van der Waals surface area (Å²) in [5, 5.41) is -0.190. The average molecular weight is 353 g/mol. The number of pyridine rings is 1. The van der Waals surface area contributed by atoms with Crippen LogP contribution in [0.1, 0.15) is 44.1 Å². The number of anilines is 1. The van der Waals surface area contributed by atoms with Crippen molar-refractivity contribution in [2.75, 3.05) is 25.4 Å². The molecule has 0 aromatic carbocycles. The van der Waals surface area contributed by atoms with Crippen LogP contribution in [0.3, 0.4) is 0 Å². The van der Waals surface area contributed by atoms with E-state index in [1.54, 1.807) is 10.5 Å². The van der Waals surface area contributed by atoms with Gasteiger partial charge in [0.2, 0.25) is 10.0 Å². The summed E-state index contributed by atoms with van der Waals surface area (Å²) >= 11 is 0. The van der Waals surface area contributed by atoms with Crippen LogP contribution < -0.4 is 5.73 Å². The topological polar surface area (TPSA) is 85.5 Å². The maximum atomic E-state index is 12.9. The van der Waals surface area contributed by atoms with Crippen LogP contribution in [0.15, 0.2) is 18.3 Å². The predicted molar refractivity (Wildman–Crippen MR) is 94.1 cm³/mol. The quantitative estimate of drug-likeness (QED) is 0.874. The Hall–Kier alpha value is -1.18. The summed E-state index contributed by atoms with van der Waals surface area (Å²) in [7, 11) is -3.18. The van der Waals surface area contributed by atoms with Crippen molar-refractivity contribution in [1.29, 1.82) is 0 Å². The predicted octanol–water partition coefficient (Wildman–Crippen LogP) is 1.96. The molecule has 1 aromatic heterocycles. The molecule has 6 nitrogen and oxygen atoms in total. The third kappa shape index (κ3) is 4.26. The molecule has 2 fully saturated rings. The van der Waals surface area contributed by atoms with Gasteiger partial charge >= 0.3 is 0 Å². The highest BCUT2D eigenvalue weighted by Gasteiger charge is 2.36. The van der Waals surface area contributed by atoms with Crippen molar-refractivity contribution in [1.82, 2.24) is 9.29 Å². The number of ether oxygens (including phenoxy) is 1. The average Bonchev–Trinajstić information content (AvgIpc) is 2.61. The van der Waals surface area contributed by atoms with Gasteiger partial charge in [0.15, 0.2) is 0 Å². The summed E-state index contributed by atoms with van der Waals surface area (Å²) in [6.07, 6.45) is 8.09. The van der Waals surface area contributed by atoms with Crippen molar-refractivity contribution in [2.45, 2.75) is 56.3 Å². The summed E-state index contributed by atoms with van der Waals surface area (Å²) in [6, 6.07) is 3.80. The molecule has 0 radical (unpaired) electrons. The second-order valence-electron chi connectivity index (χ2n) is 6.78. The Morgan fingerprint density at radius 2 is 2.08 bits per heavy atom. The third-order valence-electron chi connectivity index (χ3n) is 5.04. The number of nitrogens with two attached hydrogens (primary N) is 1. The lowest BCUT2D eigenvalue weighted by Gasteiger charge is -2.35. The van der Waals surface area contributed by atoms with Gasteiger partial charge in [-0.3, -0.25) is 0 Å². The Labute approximate surface area is 144 Å². The molecule has 0 amide bonds. The van der Waals surface area contributed by atoms with Crippen LogP contribution in [0, 0.1) is 0 Å². The van der Waals surface area contributed by atoms with E-state index in [1.165, 1.54) is 0 Å². The lowest BCUT2D eigenvalue weighted by molar-refractivity contribution is -0.00564. The molecule has 1 aliphatic heterocycles. The molecule has 0 bridgehead atoms. The van der Waals surface area contributed by atoms with Crippen LogP contribution in [0.25, 0.3) is 0 Å². The fraction of sp³-hybridized carbons (Fsp3) is 0.706. The van der Waals surface area contributed by atoms with E-state index in [9.17, 15) is 8.42 Å². The first-order valence-electron chi connectivity index (χ1n) is 8.86. The number of nitrogens with zero attached hydrogens (tertiary/aromatic N) is 2. The molecule has 1 saturated heterocycles. The molecule has 24 heavy (non-hydrogen) atoms. The van der Waals surface area contributed by atoms with Gasteiger partial charge in [-0.05, 0) is 43.4 Å². The summed E-state index contributed by atoms with van der Waals surface area (Å²) in [6.45, 7) is 1.44. The Morgan fingerprint density at radius 1 is 1.29 bits per heavy atom. The summed E-state index contributed by atoms with van der Waals surface area (Å²) in [5.41, 5.74) is 6.81. The van der Waals surface area contributed by atoms with Crippen LogP contribution in [0.5, 0.6) is 0 Å². The minimum absolute atomic E-state index is 0.0495. The van der Waals surface area contributed by atoms with E-state index in [0.717, 1.165) is 50.5 Å². The molecule has 1 atom stereocenters. The van der Waals surface area contributed by atoms with E-state index in [1.807, 2.05) is 12.1 Å². The highest BCUT2D eigenvalue weighted by Crippen LogP contribution is 2.27. The molecule has 1 aliphatic carbocycles. The Morgan fingerprint density at radius 3 is 2.83 bits per heavy atom. The van der Waals surface area contributed by atoms with Gasteiger partial charge < -0.3 is 10.5 Å². The molecule has 2 aliphatic rings. The number of rotatable bonds is 5. The Balaban J connectivity index is 1.57. The standard InChI is InChI=1S/C17H27N3O3S/c18-17-12-14(8-9-19-17)6-7-15-13-20(10-11-23-15)24(21,22)16-4-2-1-3-5-16/h8-9,12,15-16H,1-7,10-11,13H2,(H2,18,19). The first-order valence-corrected chi connectivity index (χ1v) is 10.4. The van der Waals surface area contributed by atoms with Crippen molar-refractivity contribution < 1.29 is 13.2 Å². The molecule has 134 valence electrons. The minimum atomic E-state index is -3.18. The van der Waals surface area contributed by atoms with Crippen molar-refractivity contribution >= 4 is 15.8 Å². The van der Waals surface area contributed by atoms with E-state index in [0.29, 0.717) is 25.5 Å². The maximum Gasteiger partial charge on any atom is 0.217 e. The van der Waals surface area contributed by atoms with Crippen LogP contribution in [-0.4, -0.2) is 48.8 Å². The zero-order chi connectivity index (χ0) is 17.0. The summed E-state index contributed by atoms with van der Waals surface area (Å²) < 4.78 is 33.2. The first kappa shape index (κ1) is 17.6. The number of aryl methyl sites for hydroxylation is 1. The molecule has 2 N–H and O–H groups in total. The van der Waals surface area contributed by atoms with Crippen molar-refractivity contribution in [3.63, 3.8) is 0 Å². The zero-order valence-electron chi connectivity index (χ0n) is 14.1. The van der Waals surface area contributed by atoms with Crippen LogP contribution in [-0.2, 0) is 21.2 Å². The SMILES string of the molecule is Nc1cc(CCC2CN(S(=O)(=O)C3CCCCC3)CCO2)ccn1. The van der Waals surface area contributed by atoms with Gasteiger partial charge in [-0.1, -0.05) is 19.3 Å². The molecule has 1 saturated carbocycles. The lowest BCUT2D eigenvalue weighted by Crippen LogP contribution is -2.49. The van der Waals surface area contributed by atoms with Gasteiger partial charge in [0.25, 0.3) is 0 Å². The second kappa shape index (κ2) is 7.80. The van der Waals surface area contributed by atoms with Gasteiger partial charge in [0, 0.05) is 19.3 Å². The van der Waals surface area contributed by atoms with Crippen LogP contribution in [0.4, 0.5) is 5.82 Å². The first-order chi connectivity index (χ1) is 11.6. The van der Waals surface area contributed by atoms with Crippen molar-refractivity contribution in [3.8, 4) is 0 Å². The molecule has 3 rings (SSSR count). The number of sulfonamides is 1. The Bertz CT molecular complexity index is 644. The monoisotopic (exact) mass is 353 g/mol. The fourth-order valence-corrected chi connectivity index (χ4v) is 5.70. The van der Waals surface area contributed by atoms with Crippen LogP contribution in [0.2, 0.25) is 0 Å². The number of hydrogen-bond donors (Lipinski definition) is 1. The molecule has 1 unspecified atom stereocenters. The highest BCUT2D eigenvalue weighted by molar-refractivity contribution is 7.89. The van der Waals surface area contributed by atoms with Gasteiger partial charge in [-0.15, -0.1) is 0 Å². The van der Waals surface area contributed by atoms with Gasteiger partial charge in [-0.25, -0.2) is 13.4 Å². The number of aromatic nitrogens is 1. The molecule has 2 heterocycles. The van der Waals surface area contributed by atoms with E-state index in [2.05, 4.69) is 4.98 Å². The molecular formula is C17H27N3O3S. The van der Waals surface area contributed by atoms with Crippen molar-refractivity contribution in [3.05, 3.63) is 23.9 Å². The van der Waals surface area contributed by atoms with E-state index < -0.39 is 10.0 Å². The van der Waals surface area contributed by atoms with Gasteiger partial charge in [-0.2, -0.15) is 4.31 Å². The zero-order valence-corrected chi connectivity index (χ0v) is 14.9. The third-order valence-corrected chi connectivity index (χ3v) is 7.40. The second-order valence-corrected chi connectivity index (χ2v) is 9.00. The molecule has 7 heteroatoms. The van der Waals surface area contributed by atoms with E-state index in [-0.39, 0.29) is 11.4 Å². The molecule has 1 aromatic rings.